The van der Waals surface area contributed by atoms with Crippen LogP contribution in [0.3, 0.4) is 0 Å². The quantitative estimate of drug-likeness (QED) is 0.753. The zero-order valence-corrected chi connectivity index (χ0v) is 13.8. The molecule has 0 radical (unpaired) electrons. The van der Waals surface area contributed by atoms with Crippen LogP contribution in [0, 0.1) is 16.4 Å². The van der Waals surface area contributed by atoms with Crippen LogP contribution in [-0.2, 0) is 17.6 Å². The highest BCUT2D eigenvalue weighted by molar-refractivity contribution is 7.71. The number of nitrogens with zero attached hydrogens (tertiary/aromatic N) is 2. The van der Waals surface area contributed by atoms with Crippen molar-refractivity contribution in [3.05, 3.63) is 46.0 Å². The van der Waals surface area contributed by atoms with E-state index in [9.17, 15) is 13.6 Å². The molecule has 1 aliphatic rings. The Morgan fingerprint density at radius 2 is 2.04 bits per heavy atom. The summed E-state index contributed by atoms with van der Waals surface area (Å²) in [6.07, 6.45) is 2.82. The average Bonchev–Trinajstić information content (AvgIpc) is 3.31. The molecule has 0 atom stereocenters. The maximum Gasteiger partial charge on any atom is 0.220 e. The summed E-state index contributed by atoms with van der Waals surface area (Å²) in [6, 6.07) is 4.11. The molecule has 1 fully saturated rings. The van der Waals surface area contributed by atoms with Crippen LogP contribution in [-0.4, -0.2) is 27.2 Å². The molecule has 1 aliphatic carbocycles. The molecular formula is C16H18F2N4OS. The van der Waals surface area contributed by atoms with Crippen LogP contribution < -0.4 is 5.32 Å². The molecule has 24 heavy (non-hydrogen) atoms. The van der Waals surface area contributed by atoms with Gasteiger partial charge < -0.3 is 9.88 Å². The van der Waals surface area contributed by atoms with Crippen LogP contribution in [0.1, 0.15) is 36.7 Å². The zero-order chi connectivity index (χ0) is 17.1. The van der Waals surface area contributed by atoms with E-state index in [1.807, 2.05) is 4.57 Å². The monoisotopic (exact) mass is 352 g/mol. The number of aromatic nitrogens is 3. The summed E-state index contributed by atoms with van der Waals surface area (Å²) in [5.41, 5.74) is -0.0534. The molecule has 0 aliphatic heterocycles. The molecule has 5 nitrogen and oxygen atoms in total. The van der Waals surface area contributed by atoms with Crippen LogP contribution in [0.2, 0.25) is 0 Å². The van der Waals surface area contributed by atoms with E-state index >= 15 is 0 Å². The Bertz CT molecular complexity index is 777. The molecule has 0 bridgehead atoms. The Morgan fingerprint density at radius 1 is 1.33 bits per heavy atom. The molecule has 8 heteroatoms. The molecule has 3 rings (SSSR count). The number of nitrogens with one attached hydrogen (secondary N) is 2. The lowest BCUT2D eigenvalue weighted by atomic mass is 10.1. The van der Waals surface area contributed by atoms with E-state index in [1.54, 1.807) is 0 Å². The van der Waals surface area contributed by atoms with Crippen molar-refractivity contribution in [3.63, 3.8) is 0 Å². The van der Waals surface area contributed by atoms with Crippen molar-refractivity contribution in [2.45, 2.75) is 38.1 Å². The van der Waals surface area contributed by atoms with Crippen molar-refractivity contribution in [1.82, 2.24) is 20.1 Å². The topological polar surface area (TPSA) is 62.7 Å². The van der Waals surface area contributed by atoms with Gasteiger partial charge in [0.2, 0.25) is 5.91 Å². The number of aromatic amines is 1. The summed E-state index contributed by atoms with van der Waals surface area (Å²) in [7, 11) is 0. The summed E-state index contributed by atoms with van der Waals surface area (Å²) in [5, 5.41) is 9.71. The second-order valence-corrected chi connectivity index (χ2v) is 6.23. The number of hydrogen-bond donors (Lipinski definition) is 2. The smallest absolute Gasteiger partial charge is 0.220 e. The van der Waals surface area contributed by atoms with Crippen molar-refractivity contribution in [1.29, 1.82) is 0 Å². The van der Waals surface area contributed by atoms with E-state index in [-0.39, 0.29) is 24.3 Å². The number of H-pyrrole nitrogens is 1. The third-order valence-electron chi connectivity index (χ3n) is 4.02. The molecule has 1 amide bonds. The standard InChI is InChI=1S/C16H18F2N4OS/c17-12-2-1-3-13(18)11(12)6-7-15(23)19-9-8-14-20-21-16(24)22(14)10-4-5-10/h1-3,10H,4-9H2,(H,19,23)(H,21,24). The summed E-state index contributed by atoms with van der Waals surface area (Å²) < 4.78 is 29.6. The van der Waals surface area contributed by atoms with Crippen LogP contribution in [0.15, 0.2) is 18.2 Å². The molecule has 1 saturated carbocycles. The fourth-order valence-electron chi connectivity index (χ4n) is 2.63. The molecule has 1 heterocycles. The van der Waals surface area contributed by atoms with Gasteiger partial charge in [-0.05, 0) is 43.6 Å². The zero-order valence-electron chi connectivity index (χ0n) is 13.0. The fraction of sp³-hybridized carbons (Fsp3) is 0.438. The maximum absolute atomic E-state index is 13.5. The maximum atomic E-state index is 13.5. The summed E-state index contributed by atoms with van der Waals surface area (Å²) in [4.78, 5) is 11.9. The first-order valence-corrected chi connectivity index (χ1v) is 8.32. The van der Waals surface area contributed by atoms with Crippen LogP contribution >= 0.6 is 12.2 Å². The molecule has 1 aromatic carbocycles. The number of benzene rings is 1. The van der Waals surface area contributed by atoms with Crippen molar-refractivity contribution in [2.24, 2.45) is 0 Å². The number of halogens is 2. The normalized spacial score (nSPS) is 13.9. The lowest BCUT2D eigenvalue weighted by molar-refractivity contribution is -0.121. The van der Waals surface area contributed by atoms with Crippen molar-refractivity contribution < 1.29 is 13.6 Å². The van der Waals surface area contributed by atoms with Gasteiger partial charge in [-0.15, -0.1) is 0 Å². The molecule has 2 aromatic rings. The molecule has 0 spiro atoms. The van der Waals surface area contributed by atoms with Crippen molar-refractivity contribution in [3.8, 4) is 0 Å². The van der Waals surface area contributed by atoms with E-state index in [2.05, 4.69) is 15.5 Å². The highest BCUT2D eigenvalue weighted by atomic mass is 32.1. The molecular weight excluding hydrogens is 334 g/mol. The van der Waals surface area contributed by atoms with E-state index in [0.717, 1.165) is 18.7 Å². The average molecular weight is 352 g/mol. The van der Waals surface area contributed by atoms with Gasteiger partial charge in [0.25, 0.3) is 0 Å². The lowest BCUT2D eigenvalue weighted by Crippen LogP contribution is -2.26. The van der Waals surface area contributed by atoms with Gasteiger partial charge >= 0.3 is 0 Å². The summed E-state index contributed by atoms with van der Waals surface area (Å²) >= 11 is 5.20. The highest BCUT2D eigenvalue weighted by Gasteiger charge is 2.26. The van der Waals surface area contributed by atoms with Crippen molar-refractivity contribution >= 4 is 18.1 Å². The van der Waals surface area contributed by atoms with E-state index < -0.39 is 11.6 Å². The second kappa shape index (κ2) is 7.21. The highest BCUT2D eigenvalue weighted by Crippen LogP contribution is 2.35. The van der Waals surface area contributed by atoms with E-state index in [1.165, 1.54) is 18.2 Å². The Labute approximate surface area is 143 Å². The number of carbonyl (C=O) groups is 1. The third-order valence-corrected chi connectivity index (χ3v) is 4.31. The molecule has 0 saturated heterocycles. The first kappa shape index (κ1) is 16.8. The predicted octanol–water partition coefficient (Wildman–Crippen LogP) is 2.85. The van der Waals surface area contributed by atoms with Crippen LogP contribution in [0.5, 0.6) is 0 Å². The van der Waals surface area contributed by atoms with E-state index in [0.29, 0.717) is 23.8 Å². The Hall–Kier alpha value is -2.09. The SMILES string of the molecule is O=C(CCc1c(F)cccc1F)NCCc1n[nH]c(=S)n1C1CC1. The largest absolute Gasteiger partial charge is 0.356 e. The van der Waals surface area contributed by atoms with Gasteiger partial charge in [0.1, 0.15) is 17.5 Å². The minimum absolute atomic E-state index is 0.0329. The Kier molecular flexibility index (Phi) is 5.03. The number of rotatable bonds is 7. The van der Waals surface area contributed by atoms with Gasteiger partial charge in [0, 0.05) is 31.0 Å². The van der Waals surface area contributed by atoms with Crippen LogP contribution in [0.4, 0.5) is 8.78 Å². The van der Waals surface area contributed by atoms with Gasteiger partial charge in [-0.1, -0.05) is 6.07 Å². The first-order chi connectivity index (χ1) is 11.6. The summed E-state index contributed by atoms with van der Waals surface area (Å²) in [5.74, 6) is -0.668. The van der Waals surface area contributed by atoms with Gasteiger partial charge in [0.05, 0.1) is 0 Å². The molecule has 1 aromatic heterocycles. The van der Waals surface area contributed by atoms with Crippen molar-refractivity contribution in [2.75, 3.05) is 6.54 Å². The molecule has 0 unspecified atom stereocenters. The minimum atomic E-state index is -0.622. The molecule has 128 valence electrons. The molecule has 2 N–H and O–H groups in total. The van der Waals surface area contributed by atoms with Gasteiger partial charge in [0.15, 0.2) is 4.77 Å². The minimum Gasteiger partial charge on any atom is -0.356 e. The second-order valence-electron chi connectivity index (χ2n) is 5.85. The predicted molar refractivity (Wildman–Crippen MR) is 87.1 cm³/mol. The van der Waals surface area contributed by atoms with E-state index in [4.69, 9.17) is 12.2 Å². The summed E-state index contributed by atoms with van der Waals surface area (Å²) in [6.45, 7) is 0.408. The first-order valence-electron chi connectivity index (χ1n) is 7.91. The lowest BCUT2D eigenvalue weighted by Gasteiger charge is -2.07. The number of carbonyl (C=O) groups excluding carboxylic acids is 1. The number of hydrogen-bond acceptors (Lipinski definition) is 3. The van der Waals surface area contributed by atoms with Crippen LogP contribution in [0.25, 0.3) is 0 Å². The Morgan fingerprint density at radius 3 is 2.71 bits per heavy atom. The fourth-order valence-corrected chi connectivity index (χ4v) is 2.93. The van der Waals surface area contributed by atoms with Gasteiger partial charge in [-0.25, -0.2) is 8.78 Å². The third kappa shape index (κ3) is 3.87. The van der Waals surface area contributed by atoms with Gasteiger partial charge in [-0.3, -0.25) is 9.89 Å². The van der Waals surface area contributed by atoms with Gasteiger partial charge in [-0.2, -0.15) is 5.10 Å². The Balaban J connectivity index is 1.47. The number of amides is 1.